The van der Waals surface area contributed by atoms with Gasteiger partial charge in [-0.3, -0.25) is 4.99 Å². The Hall–Kier alpha value is -0.810. The SMILES string of the molecule is CN=C(NCC1CCCOC1C(C)(C)C)NC1CCN(C2CC2)CC1. The Morgan fingerprint density at radius 3 is 2.44 bits per heavy atom. The van der Waals surface area contributed by atoms with Crippen LogP contribution in [0.25, 0.3) is 0 Å². The minimum absolute atomic E-state index is 0.194. The number of nitrogens with zero attached hydrogens (tertiary/aromatic N) is 2. The lowest BCUT2D eigenvalue weighted by molar-refractivity contribution is -0.0835. The second kappa shape index (κ2) is 8.26. The molecule has 2 N–H and O–H groups in total. The van der Waals surface area contributed by atoms with Crippen LogP contribution in [0.5, 0.6) is 0 Å². The Balaban J connectivity index is 1.44. The summed E-state index contributed by atoms with van der Waals surface area (Å²) >= 11 is 0. The first-order valence-electron chi connectivity index (χ1n) is 10.3. The molecule has 1 aliphatic carbocycles. The summed E-state index contributed by atoms with van der Waals surface area (Å²) in [6.45, 7) is 11.2. The van der Waals surface area contributed by atoms with E-state index >= 15 is 0 Å². The third-order valence-electron chi connectivity index (χ3n) is 5.99. The topological polar surface area (TPSA) is 48.9 Å². The largest absolute Gasteiger partial charge is 0.377 e. The average Bonchev–Trinajstić information content (AvgIpc) is 3.43. The predicted octanol–water partition coefficient (Wildman–Crippen LogP) is 2.62. The van der Waals surface area contributed by atoms with Crippen LogP contribution in [0.15, 0.2) is 4.99 Å². The van der Waals surface area contributed by atoms with Gasteiger partial charge in [0, 0.05) is 51.3 Å². The van der Waals surface area contributed by atoms with Crippen molar-refractivity contribution in [3.05, 3.63) is 0 Å². The fourth-order valence-electron chi connectivity index (χ4n) is 4.47. The van der Waals surface area contributed by atoms with E-state index in [0.717, 1.165) is 25.2 Å². The van der Waals surface area contributed by atoms with Crippen LogP contribution >= 0.6 is 0 Å². The number of hydrogen-bond acceptors (Lipinski definition) is 3. The Bertz CT molecular complexity index is 447. The zero-order valence-electron chi connectivity index (χ0n) is 16.7. The van der Waals surface area contributed by atoms with Crippen LogP contribution in [0.3, 0.4) is 0 Å². The maximum Gasteiger partial charge on any atom is 0.191 e. The Morgan fingerprint density at radius 2 is 1.84 bits per heavy atom. The summed E-state index contributed by atoms with van der Waals surface area (Å²) in [5.74, 6) is 1.52. The van der Waals surface area contributed by atoms with Gasteiger partial charge in [0.25, 0.3) is 0 Å². The van der Waals surface area contributed by atoms with Crippen molar-refractivity contribution in [3.8, 4) is 0 Å². The van der Waals surface area contributed by atoms with Gasteiger partial charge in [0.15, 0.2) is 5.96 Å². The molecule has 2 saturated heterocycles. The highest BCUT2D eigenvalue weighted by Gasteiger charge is 2.35. The number of ether oxygens (including phenoxy) is 1. The third kappa shape index (κ3) is 5.33. The molecule has 0 radical (unpaired) electrons. The van der Waals surface area contributed by atoms with Crippen molar-refractivity contribution < 1.29 is 4.74 Å². The maximum absolute atomic E-state index is 6.11. The zero-order valence-corrected chi connectivity index (χ0v) is 16.7. The summed E-state index contributed by atoms with van der Waals surface area (Å²) in [5, 5.41) is 7.23. The van der Waals surface area contributed by atoms with Crippen LogP contribution in [0.1, 0.15) is 59.3 Å². The Labute approximate surface area is 154 Å². The Kier molecular flexibility index (Phi) is 6.26. The Morgan fingerprint density at radius 1 is 1.12 bits per heavy atom. The van der Waals surface area contributed by atoms with Crippen LogP contribution in [-0.2, 0) is 4.74 Å². The quantitative estimate of drug-likeness (QED) is 0.604. The molecule has 3 rings (SSSR count). The zero-order chi connectivity index (χ0) is 17.9. The molecule has 5 nitrogen and oxygen atoms in total. The summed E-state index contributed by atoms with van der Waals surface area (Å²) in [7, 11) is 1.88. The van der Waals surface area contributed by atoms with E-state index in [0.29, 0.717) is 18.1 Å². The summed E-state index contributed by atoms with van der Waals surface area (Å²) in [4.78, 5) is 7.13. The minimum Gasteiger partial charge on any atom is -0.377 e. The van der Waals surface area contributed by atoms with E-state index in [4.69, 9.17) is 4.74 Å². The predicted molar refractivity (Wildman–Crippen MR) is 104 cm³/mol. The van der Waals surface area contributed by atoms with Crippen molar-refractivity contribution in [2.75, 3.05) is 33.3 Å². The number of guanidine groups is 1. The van der Waals surface area contributed by atoms with Gasteiger partial charge in [0.05, 0.1) is 6.10 Å². The molecule has 0 bridgehead atoms. The first-order chi connectivity index (χ1) is 12.0. The van der Waals surface area contributed by atoms with E-state index in [1.54, 1.807) is 0 Å². The van der Waals surface area contributed by atoms with Gasteiger partial charge in [-0.15, -0.1) is 0 Å². The van der Waals surface area contributed by atoms with Crippen LogP contribution in [0.2, 0.25) is 0 Å². The van der Waals surface area contributed by atoms with Crippen molar-refractivity contribution in [2.45, 2.75) is 77.5 Å². The minimum atomic E-state index is 0.194. The fourth-order valence-corrected chi connectivity index (χ4v) is 4.47. The van der Waals surface area contributed by atoms with Crippen LogP contribution < -0.4 is 10.6 Å². The van der Waals surface area contributed by atoms with Crippen molar-refractivity contribution in [3.63, 3.8) is 0 Å². The van der Waals surface area contributed by atoms with Crippen molar-refractivity contribution in [1.82, 2.24) is 15.5 Å². The summed E-state index contributed by atoms with van der Waals surface area (Å²) in [6.07, 6.45) is 8.03. The van der Waals surface area contributed by atoms with E-state index in [1.165, 1.54) is 51.6 Å². The molecule has 2 aliphatic heterocycles. The second-order valence-corrected chi connectivity index (χ2v) is 9.20. The first kappa shape index (κ1) is 19.0. The molecule has 144 valence electrons. The molecule has 25 heavy (non-hydrogen) atoms. The maximum atomic E-state index is 6.11. The molecule has 2 atom stereocenters. The van der Waals surface area contributed by atoms with Crippen LogP contribution in [0.4, 0.5) is 0 Å². The highest BCUT2D eigenvalue weighted by Crippen LogP contribution is 2.33. The highest BCUT2D eigenvalue weighted by molar-refractivity contribution is 5.79. The number of nitrogens with one attached hydrogen (secondary N) is 2. The van der Waals surface area contributed by atoms with Gasteiger partial charge in [-0.1, -0.05) is 20.8 Å². The van der Waals surface area contributed by atoms with Crippen molar-refractivity contribution in [1.29, 1.82) is 0 Å². The molecule has 3 aliphatic rings. The van der Waals surface area contributed by atoms with Crippen molar-refractivity contribution in [2.24, 2.45) is 16.3 Å². The monoisotopic (exact) mass is 350 g/mol. The lowest BCUT2D eigenvalue weighted by Crippen LogP contribution is -2.51. The molecular weight excluding hydrogens is 312 g/mol. The summed E-state index contributed by atoms with van der Waals surface area (Å²) in [6, 6.07) is 1.46. The standard InChI is InChI=1S/C20H38N4O/c1-20(2,3)18-15(6-5-13-25-18)14-22-19(21-4)23-16-9-11-24(12-10-16)17-7-8-17/h15-18H,5-14H2,1-4H3,(H2,21,22,23). The second-order valence-electron chi connectivity index (χ2n) is 9.20. The molecule has 0 amide bonds. The molecular formula is C20H38N4O. The van der Waals surface area contributed by atoms with Crippen molar-refractivity contribution >= 4 is 5.96 Å². The first-order valence-corrected chi connectivity index (χ1v) is 10.3. The van der Waals surface area contributed by atoms with Gasteiger partial charge in [0.2, 0.25) is 0 Å². The lowest BCUT2D eigenvalue weighted by atomic mass is 9.78. The molecule has 0 aromatic carbocycles. The van der Waals surface area contributed by atoms with Gasteiger partial charge in [-0.2, -0.15) is 0 Å². The van der Waals surface area contributed by atoms with Gasteiger partial charge in [-0.05, 0) is 43.9 Å². The van der Waals surface area contributed by atoms with Crippen LogP contribution in [-0.4, -0.2) is 62.3 Å². The molecule has 0 spiro atoms. The normalized spacial score (nSPS) is 30.3. The molecule has 3 fully saturated rings. The third-order valence-corrected chi connectivity index (χ3v) is 5.99. The molecule has 0 aromatic rings. The van der Waals surface area contributed by atoms with E-state index in [-0.39, 0.29) is 5.41 Å². The van der Waals surface area contributed by atoms with Gasteiger partial charge in [0.1, 0.15) is 0 Å². The highest BCUT2D eigenvalue weighted by atomic mass is 16.5. The van der Waals surface area contributed by atoms with E-state index < -0.39 is 0 Å². The summed E-state index contributed by atoms with van der Waals surface area (Å²) in [5.41, 5.74) is 0.194. The van der Waals surface area contributed by atoms with Gasteiger partial charge >= 0.3 is 0 Å². The van der Waals surface area contributed by atoms with E-state index in [1.807, 2.05) is 7.05 Å². The smallest absolute Gasteiger partial charge is 0.191 e. The molecule has 2 unspecified atom stereocenters. The fraction of sp³-hybridized carbons (Fsp3) is 0.950. The summed E-state index contributed by atoms with van der Waals surface area (Å²) < 4.78 is 6.11. The number of likely N-dealkylation sites (tertiary alicyclic amines) is 1. The molecule has 2 heterocycles. The number of rotatable bonds is 4. The lowest BCUT2D eigenvalue weighted by Gasteiger charge is -2.40. The number of aliphatic imine (C=N–C) groups is 1. The molecule has 5 heteroatoms. The van der Waals surface area contributed by atoms with E-state index in [2.05, 4.69) is 41.3 Å². The number of hydrogen-bond donors (Lipinski definition) is 2. The number of piperidine rings is 1. The van der Waals surface area contributed by atoms with Gasteiger partial charge < -0.3 is 20.3 Å². The van der Waals surface area contributed by atoms with E-state index in [9.17, 15) is 0 Å². The van der Waals surface area contributed by atoms with Crippen LogP contribution in [0, 0.1) is 11.3 Å². The van der Waals surface area contributed by atoms with Gasteiger partial charge in [-0.25, -0.2) is 0 Å². The molecule has 1 saturated carbocycles. The average molecular weight is 351 g/mol. The molecule has 0 aromatic heterocycles.